The van der Waals surface area contributed by atoms with Gasteiger partial charge in [-0.1, -0.05) is 33.9 Å². The number of benzene rings is 1. The predicted molar refractivity (Wildman–Crippen MR) is 76.6 cm³/mol. The average molecular weight is 322 g/mol. The highest BCUT2D eigenvalue weighted by atomic mass is 79.9. The van der Waals surface area contributed by atoms with Gasteiger partial charge in [0.1, 0.15) is 0 Å². The van der Waals surface area contributed by atoms with Crippen molar-refractivity contribution in [3.05, 3.63) is 34.6 Å². The first kappa shape index (κ1) is 12.8. The van der Waals surface area contributed by atoms with Crippen LogP contribution in [0.2, 0.25) is 0 Å². The molecular weight excluding hydrogens is 306 g/mol. The lowest BCUT2D eigenvalue weighted by atomic mass is 10.1. The molecule has 1 fully saturated rings. The van der Waals surface area contributed by atoms with Crippen LogP contribution in [0.5, 0.6) is 0 Å². The van der Waals surface area contributed by atoms with Crippen LogP contribution in [-0.4, -0.2) is 16.7 Å². The van der Waals surface area contributed by atoms with Crippen LogP contribution in [0.25, 0.3) is 11.5 Å². The van der Waals surface area contributed by atoms with Gasteiger partial charge in [-0.3, -0.25) is 0 Å². The number of nitrogens with zero attached hydrogens (tertiary/aromatic N) is 2. The zero-order valence-corrected chi connectivity index (χ0v) is 12.2. The summed E-state index contributed by atoms with van der Waals surface area (Å²) in [6.45, 7) is 1.03. The van der Waals surface area contributed by atoms with Gasteiger partial charge in [0.25, 0.3) is 5.89 Å². The van der Waals surface area contributed by atoms with Gasteiger partial charge in [0.15, 0.2) is 5.82 Å². The number of nitrogens with one attached hydrogen (secondary N) is 1. The molecule has 1 N–H and O–H groups in total. The topological polar surface area (TPSA) is 51.0 Å². The Morgan fingerprint density at radius 1 is 1.16 bits per heavy atom. The summed E-state index contributed by atoms with van der Waals surface area (Å²) in [4.78, 5) is 4.52. The summed E-state index contributed by atoms with van der Waals surface area (Å²) < 4.78 is 6.41. The number of hydrogen-bond acceptors (Lipinski definition) is 4. The Bertz CT molecular complexity index is 530. The second-order valence-electron chi connectivity index (χ2n) is 4.82. The Hall–Kier alpha value is -1.20. The molecule has 3 rings (SSSR count). The zero-order chi connectivity index (χ0) is 13.1. The Labute approximate surface area is 120 Å². The van der Waals surface area contributed by atoms with Crippen molar-refractivity contribution in [3.63, 3.8) is 0 Å². The minimum atomic E-state index is 0.232. The number of halogens is 1. The molecule has 1 aliphatic rings. The van der Waals surface area contributed by atoms with Crippen LogP contribution < -0.4 is 5.32 Å². The lowest BCUT2D eigenvalue weighted by molar-refractivity contribution is 0.402. The first-order valence-corrected chi connectivity index (χ1v) is 7.45. The summed E-state index contributed by atoms with van der Waals surface area (Å²) in [5.74, 6) is 1.37. The van der Waals surface area contributed by atoms with E-state index in [4.69, 9.17) is 4.52 Å². The van der Waals surface area contributed by atoms with Gasteiger partial charge in [-0.25, -0.2) is 0 Å². The second kappa shape index (κ2) is 5.84. The fourth-order valence-electron chi connectivity index (χ4n) is 2.34. The minimum absolute atomic E-state index is 0.232. The van der Waals surface area contributed by atoms with Gasteiger partial charge in [-0.15, -0.1) is 0 Å². The van der Waals surface area contributed by atoms with Crippen LogP contribution in [0, 0.1) is 0 Å². The molecule has 1 unspecified atom stereocenters. The zero-order valence-electron chi connectivity index (χ0n) is 10.6. The molecule has 4 nitrogen and oxygen atoms in total. The summed E-state index contributed by atoms with van der Waals surface area (Å²) in [5, 5.41) is 7.60. The third-order valence-corrected chi connectivity index (χ3v) is 3.93. The molecular formula is C14H16BrN3O. The van der Waals surface area contributed by atoms with E-state index in [1.807, 2.05) is 24.3 Å². The highest BCUT2D eigenvalue weighted by Gasteiger charge is 2.19. The van der Waals surface area contributed by atoms with E-state index in [1.54, 1.807) is 0 Å². The number of aromatic nitrogens is 2. The van der Waals surface area contributed by atoms with Gasteiger partial charge >= 0.3 is 0 Å². The van der Waals surface area contributed by atoms with Gasteiger partial charge in [-0.05, 0) is 43.7 Å². The van der Waals surface area contributed by atoms with Gasteiger partial charge in [0, 0.05) is 10.0 Å². The van der Waals surface area contributed by atoms with Crippen molar-refractivity contribution in [1.29, 1.82) is 0 Å². The first-order valence-electron chi connectivity index (χ1n) is 6.66. The summed E-state index contributed by atoms with van der Waals surface area (Å²) in [5.41, 5.74) is 0.954. The molecule has 0 bridgehead atoms. The van der Waals surface area contributed by atoms with Crippen LogP contribution in [0.1, 0.15) is 37.5 Å². The normalized spacial score (nSPS) is 20.2. The molecule has 0 aliphatic carbocycles. The van der Waals surface area contributed by atoms with Crippen LogP contribution in [0.3, 0.4) is 0 Å². The summed E-state index contributed by atoms with van der Waals surface area (Å²) in [6.07, 6.45) is 4.81. The van der Waals surface area contributed by atoms with E-state index in [9.17, 15) is 0 Å². The molecule has 19 heavy (non-hydrogen) atoms. The summed E-state index contributed by atoms with van der Waals surface area (Å²) in [6, 6.07) is 8.13. The molecule has 2 aromatic rings. The lowest BCUT2D eigenvalue weighted by Gasteiger charge is -2.09. The fourth-order valence-corrected chi connectivity index (χ4v) is 2.60. The lowest BCUT2D eigenvalue weighted by Crippen LogP contribution is -2.21. The standard InChI is InChI=1S/C14H16BrN3O/c15-11-7-5-10(6-8-11)14-17-13(18-19-14)12-4-2-1-3-9-16-12/h5-8,12,16H,1-4,9H2. The third kappa shape index (κ3) is 3.04. The van der Waals surface area contributed by atoms with Crippen LogP contribution >= 0.6 is 15.9 Å². The number of rotatable bonds is 2. The molecule has 1 atom stereocenters. The predicted octanol–water partition coefficient (Wildman–Crippen LogP) is 3.70. The van der Waals surface area contributed by atoms with E-state index in [0.717, 1.165) is 28.8 Å². The molecule has 1 aliphatic heterocycles. The van der Waals surface area contributed by atoms with Crippen LogP contribution in [0.15, 0.2) is 33.3 Å². The van der Waals surface area contributed by atoms with Crippen molar-refractivity contribution in [1.82, 2.24) is 15.5 Å². The largest absolute Gasteiger partial charge is 0.334 e. The highest BCUT2D eigenvalue weighted by molar-refractivity contribution is 9.10. The van der Waals surface area contributed by atoms with E-state index in [0.29, 0.717) is 5.89 Å². The Morgan fingerprint density at radius 3 is 2.84 bits per heavy atom. The molecule has 0 amide bonds. The summed E-state index contributed by atoms with van der Waals surface area (Å²) >= 11 is 3.42. The van der Waals surface area contributed by atoms with Gasteiger partial charge in [-0.2, -0.15) is 4.98 Å². The van der Waals surface area contributed by atoms with Crippen LogP contribution in [-0.2, 0) is 0 Å². The number of hydrogen-bond donors (Lipinski definition) is 1. The molecule has 0 spiro atoms. The Morgan fingerprint density at radius 2 is 2.00 bits per heavy atom. The van der Waals surface area contributed by atoms with Crippen molar-refractivity contribution in [2.75, 3.05) is 6.54 Å². The second-order valence-corrected chi connectivity index (χ2v) is 5.74. The maximum absolute atomic E-state index is 5.37. The molecule has 0 radical (unpaired) electrons. The van der Waals surface area contributed by atoms with E-state index in [1.165, 1.54) is 19.3 Å². The van der Waals surface area contributed by atoms with Crippen molar-refractivity contribution >= 4 is 15.9 Å². The molecule has 100 valence electrons. The average Bonchev–Trinajstić information content (AvgIpc) is 2.76. The first-order chi connectivity index (χ1) is 9.33. The van der Waals surface area contributed by atoms with Gasteiger partial charge in [0.2, 0.25) is 0 Å². The molecule has 1 aromatic carbocycles. The van der Waals surface area contributed by atoms with Crippen molar-refractivity contribution < 1.29 is 4.52 Å². The maximum atomic E-state index is 5.37. The van der Waals surface area contributed by atoms with E-state index >= 15 is 0 Å². The van der Waals surface area contributed by atoms with Crippen molar-refractivity contribution in [2.24, 2.45) is 0 Å². The monoisotopic (exact) mass is 321 g/mol. The van der Waals surface area contributed by atoms with Crippen LogP contribution in [0.4, 0.5) is 0 Å². The van der Waals surface area contributed by atoms with E-state index in [-0.39, 0.29) is 6.04 Å². The Balaban J connectivity index is 1.80. The van der Waals surface area contributed by atoms with E-state index < -0.39 is 0 Å². The molecule has 1 saturated heterocycles. The smallest absolute Gasteiger partial charge is 0.257 e. The molecule has 0 saturated carbocycles. The maximum Gasteiger partial charge on any atom is 0.257 e. The molecule has 2 heterocycles. The fraction of sp³-hybridized carbons (Fsp3) is 0.429. The Kier molecular flexibility index (Phi) is 3.94. The van der Waals surface area contributed by atoms with Crippen molar-refractivity contribution in [3.8, 4) is 11.5 Å². The minimum Gasteiger partial charge on any atom is -0.334 e. The highest BCUT2D eigenvalue weighted by Crippen LogP contribution is 2.24. The molecule has 5 heteroatoms. The quantitative estimate of drug-likeness (QED) is 0.916. The molecule has 1 aromatic heterocycles. The summed E-state index contributed by atoms with van der Waals surface area (Å²) in [7, 11) is 0. The van der Waals surface area contributed by atoms with E-state index in [2.05, 4.69) is 31.4 Å². The van der Waals surface area contributed by atoms with Gasteiger partial charge in [0.05, 0.1) is 6.04 Å². The SMILES string of the molecule is Brc1ccc(-c2nc(C3CCCCCN3)no2)cc1. The van der Waals surface area contributed by atoms with Gasteiger partial charge < -0.3 is 9.84 Å². The third-order valence-electron chi connectivity index (χ3n) is 3.40. The van der Waals surface area contributed by atoms with Crippen molar-refractivity contribution in [2.45, 2.75) is 31.7 Å².